The van der Waals surface area contributed by atoms with Crippen LogP contribution >= 0.6 is 0 Å². The Bertz CT molecular complexity index is 174. The number of nitrogens with one attached hydrogen (secondary N) is 1. The lowest BCUT2D eigenvalue weighted by Crippen LogP contribution is -2.52. The molecule has 1 heterocycles. The highest BCUT2D eigenvalue weighted by atomic mass is 15.3. The van der Waals surface area contributed by atoms with E-state index in [2.05, 4.69) is 42.8 Å². The first-order valence-corrected chi connectivity index (χ1v) is 6.87. The molecule has 3 nitrogen and oxygen atoms in total. The number of likely N-dealkylation sites (N-methyl/N-ethyl adjacent to an activating group) is 1. The lowest BCUT2D eigenvalue weighted by molar-refractivity contribution is 0.101. The molecule has 16 heavy (non-hydrogen) atoms. The second-order valence-corrected chi connectivity index (χ2v) is 5.09. The highest BCUT2D eigenvalue weighted by molar-refractivity contribution is 4.77. The molecule has 1 atom stereocenters. The maximum Gasteiger partial charge on any atom is 0.0192 e. The maximum absolute atomic E-state index is 3.56. The molecule has 1 N–H and O–H groups in total. The molecule has 0 aliphatic carbocycles. The Morgan fingerprint density at radius 1 is 1.06 bits per heavy atom. The highest BCUT2D eigenvalue weighted by Gasteiger charge is 2.20. The van der Waals surface area contributed by atoms with Crippen LogP contribution in [0.2, 0.25) is 0 Å². The molecule has 0 aromatic rings. The summed E-state index contributed by atoms with van der Waals surface area (Å²) in [6, 6.07) is 1.38. The molecule has 1 fully saturated rings. The Kier molecular flexibility index (Phi) is 6.32. The van der Waals surface area contributed by atoms with Crippen LogP contribution in [0.25, 0.3) is 0 Å². The minimum atomic E-state index is 0.676. The summed E-state index contributed by atoms with van der Waals surface area (Å²) < 4.78 is 0. The lowest BCUT2D eigenvalue weighted by atomic mass is 10.2. The second-order valence-electron chi connectivity index (χ2n) is 5.09. The van der Waals surface area contributed by atoms with Crippen LogP contribution in [0.1, 0.15) is 34.1 Å². The van der Waals surface area contributed by atoms with Crippen LogP contribution < -0.4 is 5.32 Å². The Labute approximate surface area is 101 Å². The Morgan fingerprint density at radius 2 is 1.69 bits per heavy atom. The Balaban J connectivity index is 2.25. The van der Waals surface area contributed by atoms with Crippen molar-refractivity contribution in [2.75, 3.05) is 39.3 Å². The van der Waals surface area contributed by atoms with E-state index in [1.807, 2.05) is 0 Å². The van der Waals surface area contributed by atoms with Crippen molar-refractivity contribution in [2.24, 2.45) is 0 Å². The van der Waals surface area contributed by atoms with Crippen LogP contribution in [0.5, 0.6) is 0 Å². The molecule has 0 radical (unpaired) electrons. The third-order valence-corrected chi connectivity index (χ3v) is 3.60. The molecule has 0 amide bonds. The molecule has 0 aromatic heterocycles. The molecule has 0 saturated carbocycles. The number of rotatable bonds is 6. The first kappa shape index (κ1) is 13.9. The smallest absolute Gasteiger partial charge is 0.0192 e. The number of hydrogen-bond acceptors (Lipinski definition) is 3. The standard InChI is InChI=1S/C13H29N3/c1-5-13(14-6-2)11-15-7-9-16(10-8-15)12(3)4/h12-14H,5-11H2,1-4H3. The van der Waals surface area contributed by atoms with Gasteiger partial charge in [-0.15, -0.1) is 0 Å². The van der Waals surface area contributed by atoms with Gasteiger partial charge in [0.25, 0.3) is 0 Å². The number of piperazine rings is 1. The van der Waals surface area contributed by atoms with Gasteiger partial charge in [-0.25, -0.2) is 0 Å². The third-order valence-electron chi connectivity index (χ3n) is 3.60. The topological polar surface area (TPSA) is 18.5 Å². The van der Waals surface area contributed by atoms with E-state index in [9.17, 15) is 0 Å². The Morgan fingerprint density at radius 3 is 2.12 bits per heavy atom. The van der Waals surface area contributed by atoms with Gasteiger partial charge in [-0.3, -0.25) is 9.80 Å². The summed E-state index contributed by atoms with van der Waals surface area (Å²) in [5.74, 6) is 0. The predicted molar refractivity (Wildman–Crippen MR) is 70.9 cm³/mol. The van der Waals surface area contributed by atoms with E-state index in [-0.39, 0.29) is 0 Å². The molecular weight excluding hydrogens is 198 g/mol. The SMILES string of the molecule is CCNC(CC)CN1CCN(C(C)C)CC1. The minimum absolute atomic E-state index is 0.676. The van der Waals surface area contributed by atoms with Gasteiger partial charge in [0.15, 0.2) is 0 Å². The fourth-order valence-corrected chi connectivity index (χ4v) is 2.40. The van der Waals surface area contributed by atoms with Gasteiger partial charge < -0.3 is 5.32 Å². The largest absolute Gasteiger partial charge is 0.313 e. The molecule has 3 heteroatoms. The molecule has 96 valence electrons. The normalized spacial score (nSPS) is 21.6. The number of hydrogen-bond donors (Lipinski definition) is 1. The van der Waals surface area contributed by atoms with E-state index in [4.69, 9.17) is 0 Å². The van der Waals surface area contributed by atoms with E-state index in [0.717, 1.165) is 6.54 Å². The van der Waals surface area contributed by atoms with Crippen LogP contribution in [0.3, 0.4) is 0 Å². The first-order valence-electron chi connectivity index (χ1n) is 6.87. The van der Waals surface area contributed by atoms with Crippen molar-refractivity contribution in [3.05, 3.63) is 0 Å². The zero-order valence-electron chi connectivity index (χ0n) is 11.5. The maximum atomic E-state index is 3.56. The van der Waals surface area contributed by atoms with Gasteiger partial charge in [0.05, 0.1) is 0 Å². The molecule has 1 rings (SSSR count). The van der Waals surface area contributed by atoms with Crippen LogP contribution in [0.4, 0.5) is 0 Å². The average molecular weight is 227 g/mol. The molecule has 1 aliphatic rings. The summed E-state index contributed by atoms with van der Waals surface area (Å²) >= 11 is 0. The quantitative estimate of drug-likeness (QED) is 0.740. The molecule has 0 bridgehead atoms. The molecule has 0 aromatic carbocycles. The minimum Gasteiger partial charge on any atom is -0.313 e. The zero-order chi connectivity index (χ0) is 12.0. The van der Waals surface area contributed by atoms with Gasteiger partial charge in [0, 0.05) is 44.8 Å². The van der Waals surface area contributed by atoms with Crippen molar-refractivity contribution in [2.45, 2.75) is 46.2 Å². The van der Waals surface area contributed by atoms with Gasteiger partial charge >= 0.3 is 0 Å². The molecule has 1 unspecified atom stereocenters. The lowest BCUT2D eigenvalue weighted by Gasteiger charge is -2.38. The van der Waals surface area contributed by atoms with Crippen molar-refractivity contribution >= 4 is 0 Å². The monoisotopic (exact) mass is 227 g/mol. The van der Waals surface area contributed by atoms with E-state index in [1.54, 1.807) is 0 Å². The molecule has 1 saturated heterocycles. The molecular formula is C13H29N3. The van der Waals surface area contributed by atoms with Crippen LogP contribution in [-0.4, -0.2) is 61.2 Å². The fourth-order valence-electron chi connectivity index (χ4n) is 2.40. The molecule has 1 aliphatic heterocycles. The highest BCUT2D eigenvalue weighted by Crippen LogP contribution is 2.07. The van der Waals surface area contributed by atoms with Gasteiger partial charge in [-0.1, -0.05) is 13.8 Å². The van der Waals surface area contributed by atoms with E-state index in [0.29, 0.717) is 12.1 Å². The van der Waals surface area contributed by atoms with Crippen LogP contribution in [-0.2, 0) is 0 Å². The summed E-state index contributed by atoms with van der Waals surface area (Å²) in [5.41, 5.74) is 0. The van der Waals surface area contributed by atoms with Crippen molar-refractivity contribution in [1.82, 2.24) is 15.1 Å². The summed E-state index contributed by atoms with van der Waals surface area (Å²) in [4.78, 5) is 5.18. The van der Waals surface area contributed by atoms with Crippen molar-refractivity contribution < 1.29 is 0 Å². The van der Waals surface area contributed by atoms with Crippen LogP contribution in [0.15, 0.2) is 0 Å². The van der Waals surface area contributed by atoms with Crippen molar-refractivity contribution in [3.63, 3.8) is 0 Å². The van der Waals surface area contributed by atoms with Gasteiger partial charge in [0.1, 0.15) is 0 Å². The van der Waals surface area contributed by atoms with E-state index < -0.39 is 0 Å². The molecule has 0 spiro atoms. The van der Waals surface area contributed by atoms with Gasteiger partial charge in [-0.2, -0.15) is 0 Å². The average Bonchev–Trinajstić information content (AvgIpc) is 2.29. The Hall–Kier alpha value is -0.120. The van der Waals surface area contributed by atoms with E-state index in [1.165, 1.54) is 39.1 Å². The summed E-state index contributed by atoms with van der Waals surface area (Å²) in [7, 11) is 0. The first-order chi connectivity index (χ1) is 7.67. The summed E-state index contributed by atoms with van der Waals surface area (Å²) in [6.07, 6.45) is 1.23. The second kappa shape index (κ2) is 7.25. The van der Waals surface area contributed by atoms with Crippen molar-refractivity contribution in [1.29, 1.82) is 0 Å². The predicted octanol–water partition coefficient (Wildman–Crippen LogP) is 1.40. The zero-order valence-corrected chi connectivity index (χ0v) is 11.5. The van der Waals surface area contributed by atoms with Crippen molar-refractivity contribution in [3.8, 4) is 0 Å². The fraction of sp³-hybridized carbons (Fsp3) is 1.00. The van der Waals surface area contributed by atoms with E-state index >= 15 is 0 Å². The number of nitrogens with zero attached hydrogens (tertiary/aromatic N) is 2. The van der Waals surface area contributed by atoms with Crippen LogP contribution in [0, 0.1) is 0 Å². The summed E-state index contributed by atoms with van der Waals surface area (Å²) in [6.45, 7) is 16.3. The third kappa shape index (κ3) is 4.40. The van der Waals surface area contributed by atoms with Gasteiger partial charge in [0.2, 0.25) is 0 Å². The summed E-state index contributed by atoms with van der Waals surface area (Å²) in [5, 5.41) is 3.56. The van der Waals surface area contributed by atoms with Gasteiger partial charge in [-0.05, 0) is 26.8 Å².